The first-order valence-electron chi connectivity index (χ1n) is 8.85. The van der Waals surface area contributed by atoms with Gasteiger partial charge in [0.1, 0.15) is 0 Å². The topological polar surface area (TPSA) is 66.0 Å². The number of hydrogen-bond acceptors (Lipinski definition) is 3. The Bertz CT molecular complexity index is 579. The first-order valence-corrected chi connectivity index (χ1v) is 10.1. The molecule has 7 heteroatoms. The molecule has 0 saturated carbocycles. The Morgan fingerprint density at radius 3 is 1.33 bits per heavy atom. The minimum Gasteiger partial charge on any atom is -0.247 e. The molecule has 1 heterocycles. The molecule has 0 saturated heterocycles. The van der Waals surface area contributed by atoms with Gasteiger partial charge in [-0.2, -0.15) is 0 Å². The zero-order valence-electron chi connectivity index (χ0n) is 15.4. The van der Waals surface area contributed by atoms with E-state index in [-0.39, 0.29) is 15.8 Å². The summed E-state index contributed by atoms with van der Waals surface area (Å²) in [6.07, 6.45) is 2.61. The van der Waals surface area contributed by atoms with E-state index in [9.17, 15) is 14.4 Å². The molecule has 3 atom stereocenters. The standard InChI is InChI=1S/C17H30IN3O3/c1-6-12(4)9-19-15(22)20(10-13(5)7-2)17(24)21(16(19)23)11-14(18)8-3/h12-14H,6-11H2,1-5H3. The first-order chi connectivity index (χ1) is 11.3. The summed E-state index contributed by atoms with van der Waals surface area (Å²) in [6.45, 7) is 11.1. The van der Waals surface area contributed by atoms with E-state index in [0.29, 0.717) is 19.6 Å². The van der Waals surface area contributed by atoms with Crippen molar-refractivity contribution in [1.29, 1.82) is 0 Å². The second kappa shape index (κ2) is 9.58. The first kappa shape index (κ1) is 21.2. The molecule has 6 nitrogen and oxygen atoms in total. The summed E-state index contributed by atoms with van der Waals surface area (Å²) in [5.74, 6) is 0.417. The molecule has 24 heavy (non-hydrogen) atoms. The van der Waals surface area contributed by atoms with E-state index in [1.807, 2.05) is 34.6 Å². The van der Waals surface area contributed by atoms with Crippen LogP contribution < -0.4 is 17.1 Å². The van der Waals surface area contributed by atoms with Crippen LogP contribution in [-0.2, 0) is 19.6 Å². The Labute approximate surface area is 157 Å². The fraction of sp³-hybridized carbons (Fsp3) is 0.824. The lowest BCUT2D eigenvalue weighted by Crippen LogP contribution is -2.56. The third-order valence-corrected chi connectivity index (χ3v) is 5.87. The van der Waals surface area contributed by atoms with Crippen LogP contribution in [0.4, 0.5) is 0 Å². The fourth-order valence-corrected chi connectivity index (χ4v) is 2.75. The molecule has 0 aliphatic rings. The van der Waals surface area contributed by atoms with Gasteiger partial charge in [-0.05, 0) is 18.3 Å². The Balaban J connectivity index is 3.55. The van der Waals surface area contributed by atoms with E-state index in [1.165, 1.54) is 13.7 Å². The van der Waals surface area contributed by atoms with Crippen LogP contribution in [0.3, 0.4) is 0 Å². The van der Waals surface area contributed by atoms with Gasteiger partial charge in [-0.3, -0.25) is 0 Å². The van der Waals surface area contributed by atoms with Gasteiger partial charge >= 0.3 is 17.1 Å². The van der Waals surface area contributed by atoms with Crippen molar-refractivity contribution in [3.63, 3.8) is 0 Å². The lowest BCUT2D eigenvalue weighted by molar-refractivity contribution is 0.361. The molecule has 0 bridgehead atoms. The van der Waals surface area contributed by atoms with Crippen molar-refractivity contribution in [3.8, 4) is 0 Å². The van der Waals surface area contributed by atoms with Gasteiger partial charge in [0.15, 0.2) is 0 Å². The van der Waals surface area contributed by atoms with Gasteiger partial charge in [-0.15, -0.1) is 0 Å². The third-order valence-electron chi connectivity index (χ3n) is 4.59. The van der Waals surface area contributed by atoms with E-state index in [0.717, 1.165) is 19.3 Å². The molecule has 1 aromatic heterocycles. The van der Waals surface area contributed by atoms with Crippen molar-refractivity contribution in [2.75, 3.05) is 0 Å². The van der Waals surface area contributed by atoms with Crippen LogP contribution in [0.25, 0.3) is 0 Å². The molecule has 0 aromatic carbocycles. The third kappa shape index (κ3) is 5.07. The molecule has 0 aliphatic carbocycles. The molecule has 0 fully saturated rings. The molecule has 1 rings (SSSR count). The largest absolute Gasteiger partial charge is 0.336 e. The van der Waals surface area contributed by atoms with Crippen molar-refractivity contribution in [3.05, 3.63) is 31.5 Å². The summed E-state index contributed by atoms with van der Waals surface area (Å²) in [5.41, 5.74) is -1.41. The zero-order valence-corrected chi connectivity index (χ0v) is 17.6. The van der Waals surface area contributed by atoms with E-state index < -0.39 is 17.1 Å². The Hall–Kier alpha value is -0.860. The summed E-state index contributed by atoms with van der Waals surface area (Å²) < 4.78 is 3.92. The Kier molecular flexibility index (Phi) is 8.45. The normalized spacial score (nSPS) is 15.2. The zero-order chi connectivity index (χ0) is 18.4. The highest BCUT2D eigenvalue weighted by molar-refractivity contribution is 14.1. The van der Waals surface area contributed by atoms with Crippen molar-refractivity contribution in [2.24, 2.45) is 11.8 Å². The maximum absolute atomic E-state index is 12.7. The number of nitrogens with zero attached hydrogens (tertiary/aromatic N) is 3. The second-order valence-corrected chi connectivity index (χ2v) is 8.47. The van der Waals surface area contributed by atoms with E-state index in [2.05, 4.69) is 22.6 Å². The molecule has 0 aliphatic heterocycles. The minimum atomic E-state index is -0.471. The highest BCUT2D eigenvalue weighted by atomic mass is 127. The van der Waals surface area contributed by atoms with Crippen LogP contribution in [-0.4, -0.2) is 17.6 Å². The predicted molar refractivity (Wildman–Crippen MR) is 106 cm³/mol. The van der Waals surface area contributed by atoms with Crippen molar-refractivity contribution >= 4 is 22.6 Å². The van der Waals surface area contributed by atoms with Crippen molar-refractivity contribution < 1.29 is 0 Å². The molecule has 0 N–H and O–H groups in total. The van der Waals surface area contributed by atoms with E-state index in [1.54, 1.807) is 0 Å². The van der Waals surface area contributed by atoms with Gasteiger partial charge in [0.05, 0.1) is 0 Å². The van der Waals surface area contributed by atoms with Crippen LogP contribution in [0.1, 0.15) is 53.9 Å². The van der Waals surface area contributed by atoms with Crippen LogP contribution in [0.15, 0.2) is 14.4 Å². The summed E-state index contributed by atoms with van der Waals surface area (Å²) in [5, 5.41) is 0. The molecule has 3 unspecified atom stereocenters. The second-order valence-electron chi connectivity index (χ2n) is 6.71. The van der Waals surface area contributed by atoms with Gasteiger partial charge in [0, 0.05) is 23.6 Å². The summed E-state index contributed by atoms with van der Waals surface area (Å²) in [7, 11) is 0. The predicted octanol–water partition coefficient (Wildman–Crippen LogP) is 2.48. The lowest BCUT2D eigenvalue weighted by atomic mass is 10.1. The van der Waals surface area contributed by atoms with Crippen LogP contribution >= 0.6 is 22.6 Å². The molecule has 0 radical (unpaired) electrons. The fourth-order valence-electron chi connectivity index (χ4n) is 2.36. The van der Waals surface area contributed by atoms with Crippen molar-refractivity contribution in [2.45, 2.75) is 77.4 Å². The molecule has 0 spiro atoms. The molecule has 0 amide bonds. The monoisotopic (exact) mass is 451 g/mol. The summed E-state index contributed by atoms with van der Waals surface area (Å²) in [4.78, 5) is 38.2. The Morgan fingerprint density at radius 1 is 0.708 bits per heavy atom. The van der Waals surface area contributed by atoms with E-state index >= 15 is 0 Å². The average molecular weight is 451 g/mol. The number of halogens is 1. The van der Waals surface area contributed by atoms with Crippen LogP contribution in [0.5, 0.6) is 0 Å². The van der Waals surface area contributed by atoms with Gasteiger partial charge in [0.2, 0.25) is 0 Å². The smallest absolute Gasteiger partial charge is 0.247 e. The van der Waals surface area contributed by atoms with Crippen LogP contribution in [0, 0.1) is 11.8 Å². The molecule has 1 aromatic rings. The highest BCUT2D eigenvalue weighted by Gasteiger charge is 2.19. The minimum absolute atomic E-state index is 0.180. The maximum Gasteiger partial charge on any atom is 0.336 e. The summed E-state index contributed by atoms with van der Waals surface area (Å²) in [6, 6.07) is 0. The van der Waals surface area contributed by atoms with Gasteiger partial charge in [-0.25, -0.2) is 28.1 Å². The van der Waals surface area contributed by atoms with Crippen LogP contribution in [0.2, 0.25) is 0 Å². The van der Waals surface area contributed by atoms with E-state index in [4.69, 9.17) is 0 Å². The van der Waals surface area contributed by atoms with Gasteiger partial charge in [-0.1, -0.05) is 70.1 Å². The molecular weight excluding hydrogens is 421 g/mol. The molecule has 138 valence electrons. The maximum atomic E-state index is 12.7. The number of hydrogen-bond donors (Lipinski definition) is 0. The quantitative estimate of drug-likeness (QED) is 0.428. The lowest BCUT2D eigenvalue weighted by Gasteiger charge is -2.18. The van der Waals surface area contributed by atoms with Gasteiger partial charge < -0.3 is 0 Å². The number of alkyl halides is 1. The SMILES string of the molecule is CCC(C)Cn1c(=O)n(CC(C)CC)c(=O)n(CC(I)CC)c1=O. The molecular formula is C17H30IN3O3. The number of rotatable bonds is 9. The number of aromatic nitrogens is 3. The highest BCUT2D eigenvalue weighted by Crippen LogP contribution is 2.07. The van der Waals surface area contributed by atoms with Crippen molar-refractivity contribution in [1.82, 2.24) is 13.7 Å². The summed E-state index contributed by atoms with van der Waals surface area (Å²) >= 11 is 2.24. The average Bonchev–Trinajstić information content (AvgIpc) is 2.58. The van der Waals surface area contributed by atoms with Gasteiger partial charge in [0.25, 0.3) is 0 Å². The Morgan fingerprint density at radius 2 is 1.04 bits per heavy atom.